The van der Waals surface area contributed by atoms with E-state index < -0.39 is 10.0 Å². The first-order valence-electron chi connectivity index (χ1n) is 7.97. The van der Waals surface area contributed by atoms with E-state index in [0.29, 0.717) is 29.4 Å². The summed E-state index contributed by atoms with van der Waals surface area (Å²) in [6.45, 7) is 1.22. The van der Waals surface area contributed by atoms with Gasteiger partial charge < -0.3 is 0 Å². The lowest BCUT2D eigenvalue weighted by atomic mass is 9.72. The largest absolute Gasteiger partial charge is 0.245 e. The van der Waals surface area contributed by atoms with Crippen LogP contribution in [0.1, 0.15) is 32.1 Å². The molecule has 5 nitrogen and oxygen atoms in total. The number of allylic oxidation sites excluding steroid dienone is 2. The molecule has 1 aliphatic carbocycles. The molecule has 7 heteroatoms. The summed E-state index contributed by atoms with van der Waals surface area (Å²) in [6.07, 6.45) is 9.59. The zero-order valence-corrected chi connectivity index (χ0v) is 14.4. The van der Waals surface area contributed by atoms with Crippen LogP contribution in [-0.4, -0.2) is 25.8 Å². The minimum atomic E-state index is -3.52. The maximum Gasteiger partial charge on any atom is 0.245 e. The molecule has 2 aliphatic heterocycles. The molecule has 0 radical (unpaired) electrons. The van der Waals surface area contributed by atoms with Gasteiger partial charge in [0.15, 0.2) is 0 Å². The summed E-state index contributed by atoms with van der Waals surface area (Å²) in [5.41, 5.74) is 1.28. The molecule has 0 bridgehead atoms. The molecule has 1 fully saturated rings. The van der Waals surface area contributed by atoms with Gasteiger partial charge in [0.25, 0.3) is 0 Å². The van der Waals surface area contributed by atoms with E-state index in [1.165, 1.54) is 0 Å². The molecule has 0 aromatic heterocycles. The van der Waals surface area contributed by atoms with Gasteiger partial charge in [-0.1, -0.05) is 18.2 Å². The van der Waals surface area contributed by atoms with E-state index in [-0.39, 0.29) is 5.41 Å². The van der Waals surface area contributed by atoms with Gasteiger partial charge in [-0.3, -0.25) is 0 Å². The van der Waals surface area contributed by atoms with Gasteiger partial charge in [-0.05, 0) is 49.7 Å². The summed E-state index contributed by atoms with van der Waals surface area (Å²) in [5, 5.41) is 0. The zero-order chi connectivity index (χ0) is 15.9. The van der Waals surface area contributed by atoms with Crippen molar-refractivity contribution in [2.24, 2.45) is 14.1 Å². The SMILES string of the molecule is O=S(=O)(c1cccc2c1N=S=N2)N1CCCC2(CC=CCC2)C1. The van der Waals surface area contributed by atoms with Crippen LogP contribution in [0.5, 0.6) is 0 Å². The highest BCUT2D eigenvalue weighted by Gasteiger charge is 2.40. The van der Waals surface area contributed by atoms with Crippen LogP contribution in [0, 0.1) is 5.41 Å². The lowest BCUT2D eigenvalue weighted by Gasteiger charge is -2.43. The maximum atomic E-state index is 13.2. The second-order valence-corrected chi connectivity index (χ2v) is 8.98. The number of sulfonamides is 1. The number of piperidine rings is 1. The molecule has 3 aliphatic rings. The summed E-state index contributed by atoms with van der Waals surface area (Å²) >= 11 is 1.06. The Morgan fingerprint density at radius 2 is 2.09 bits per heavy atom. The average Bonchev–Trinajstić information content (AvgIpc) is 3.04. The van der Waals surface area contributed by atoms with Crippen LogP contribution in [0.3, 0.4) is 0 Å². The van der Waals surface area contributed by atoms with Gasteiger partial charge in [-0.25, -0.2) is 8.42 Å². The van der Waals surface area contributed by atoms with Crippen molar-refractivity contribution >= 4 is 32.8 Å². The first kappa shape index (κ1) is 15.2. The van der Waals surface area contributed by atoms with Gasteiger partial charge in [-0.2, -0.15) is 13.0 Å². The fourth-order valence-corrected chi connectivity index (χ4v) is 6.15. The Bertz CT molecular complexity index is 841. The minimum Gasteiger partial charge on any atom is -0.207 e. The molecule has 23 heavy (non-hydrogen) atoms. The number of hydrogen-bond acceptors (Lipinski definition) is 4. The van der Waals surface area contributed by atoms with E-state index in [1.54, 1.807) is 16.4 Å². The molecule has 1 spiro atoms. The van der Waals surface area contributed by atoms with Crippen LogP contribution in [0.4, 0.5) is 11.4 Å². The first-order chi connectivity index (χ1) is 11.1. The van der Waals surface area contributed by atoms with Crippen molar-refractivity contribution in [2.75, 3.05) is 13.1 Å². The molecule has 0 amide bonds. The van der Waals surface area contributed by atoms with Crippen LogP contribution in [0.15, 0.2) is 44.0 Å². The topological polar surface area (TPSA) is 62.1 Å². The van der Waals surface area contributed by atoms with E-state index in [1.807, 2.05) is 6.07 Å². The third kappa shape index (κ3) is 2.60. The minimum absolute atomic E-state index is 0.119. The number of nitrogens with zero attached hydrogens (tertiary/aromatic N) is 3. The summed E-state index contributed by atoms with van der Waals surface area (Å²) < 4.78 is 36.4. The van der Waals surface area contributed by atoms with Crippen molar-refractivity contribution in [1.29, 1.82) is 0 Å². The standard InChI is InChI=1S/C16H19N3O2S2/c20-23(21,14-7-4-6-13-15(14)18-22-17-13)19-11-5-10-16(12-19)8-2-1-3-9-16/h1-2,4,6-7H,3,5,8-12H2. The summed E-state index contributed by atoms with van der Waals surface area (Å²) in [5.74, 6) is 0. The van der Waals surface area contributed by atoms with E-state index in [4.69, 9.17) is 0 Å². The highest BCUT2D eigenvalue weighted by Crippen LogP contribution is 2.44. The van der Waals surface area contributed by atoms with Crippen molar-refractivity contribution in [2.45, 2.75) is 37.0 Å². The van der Waals surface area contributed by atoms with E-state index in [0.717, 1.165) is 43.5 Å². The Morgan fingerprint density at radius 3 is 2.91 bits per heavy atom. The predicted molar refractivity (Wildman–Crippen MR) is 91.4 cm³/mol. The second kappa shape index (κ2) is 5.65. The van der Waals surface area contributed by atoms with E-state index in [9.17, 15) is 8.42 Å². The van der Waals surface area contributed by atoms with Crippen LogP contribution in [0.2, 0.25) is 0 Å². The predicted octanol–water partition coefficient (Wildman–Crippen LogP) is 3.92. The first-order valence-corrected chi connectivity index (χ1v) is 10.1. The summed E-state index contributed by atoms with van der Waals surface area (Å²) in [4.78, 5) is 0.298. The van der Waals surface area contributed by atoms with Crippen molar-refractivity contribution < 1.29 is 8.42 Å². The Morgan fingerprint density at radius 1 is 1.17 bits per heavy atom. The highest BCUT2D eigenvalue weighted by molar-refractivity contribution is 7.89. The van der Waals surface area contributed by atoms with E-state index in [2.05, 4.69) is 20.9 Å². The fraction of sp³-hybridized carbons (Fsp3) is 0.500. The fourth-order valence-electron chi connectivity index (χ4n) is 3.81. The maximum absolute atomic E-state index is 13.2. The highest BCUT2D eigenvalue weighted by atomic mass is 32.2. The number of benzene rings is 1. The normalized spacial score (nSPS) is 27.1. The van der Waals surface area contributed by atoms with Gasteiger partial charge >= 0.3 is 0 Å². The molecule has 4 rings (SSSR count). The molecule has 0 saturated carbocycles. The van der Waals surface area contributed by atoms with Gasteiger partial charge in [-0.15, -0.1) is 0 Å². The Kier molecular flexibility index (Phi) is 3.74. The van der Waals surface area contributed by atoms with Gasteiger partial charge in [0.1, 0.15) is 16.3 Å². The molecule has 2 heterocycles. The average molecular weight is 349 g/mol. The van der Waals surface area contributed by atoms with Crippen molar-refractivity contribution in [3.8, 4) is 0 Å². The summed E-state index contributed by atoms with van der Waals surface area (Å²) in [7, 11) is -3.52. The monoisotopic (exact) mass is 349 g/mol. The van der Waals surface area contributed by atoms with Gasteiger partial charge in [0.2, 0.25) is 10.0 Å². The van der Waals surface area contributed by atoms with Gasteiger partial charge in [0, 0.05) is 13.1 Å². The number of fused-ring (bicyclic) bond motifs is 1. The van der Waals surface area contributed by atoms with Crippen LogP contribution >= 0.6 is 0 Å². The zero-order valence-electron chi connectivity index (χ0n) is 12.8. The molecule has 1 atom stereocenters. The Labute approximate surface area is 140 Å². The molecule has 122 valence electrons. The van der Waals surface area contributed by atoms with Crippen LogP contribution in [-0.2, 0) is 21.4 Å². The van der Waals surface area contributed by atoms with Crippen molar-refractivity contribution in [3.63, 3.8) is 0 Å². The number of rotatable bonds is 2. The quantitative estimate of drug-likeness (QED) is 0.771. The molecular weight excluding hydrogens is 330 g/mol. The third-order valence-corrected chi connectivity index (χ3v) is 7.47. The lowest BCUT2D eigenvalue weighted by Crippen LogP contribution is -2.46. The smallest absolute Gasteiger partial charge is 0.207 e. The van der Waals surface area contributed by atoms with Gasteiger partial charge in [0.05, 0.1) is 11.4 Å². The molecule has 1 saturated heterocycles. The number of hydrogen-bond donors (Lipinski definition) is 0. The molecular formula is C16H19N3O2S2. The van der Waals surface area contributed by atoms with Crippen LogP contribution < -0.4 is 0 Å². The second-order valence-electron chi connectivity index (χ2n) is 6.54. The van der Waals surface area contributed by atoms with Crippen molar-refractivity contribution in [3.05, 3.63) is 30.4 Å². The molecule has 1 unspecified atom stereocenters. The molecule has 1 aromatic carbocycles. The summed E-state index contributed by atoms with van der Waals surface area (Å²) in [6, 6.07) is 5.21. The Hall–Kier alpha value is -1.31. The van der Waals surface area contributed by atoms with E-state index >= 15 is 0 Å². The van der Waals surface area contributed by atoms with Crippen LogP contribution in [0.25, 0.3) is 0 Å². The molecule has 0 N–H and O–H groups in total. The van der Waals surface area contributed by atoms with Crippen molar-refractivity contribution in [1.82, 2.24) is 4.31 Å². The lowest BCUT2D eigenvalue weighted by molar-refractivity contribution is 0.132. The molecule has 1 aromatic rings. The third-order valence-electron chi connectivity index (χ3n) is 5.05. The Balaban J connectivity index is 1.68.